The van der Waals surface area contributed by atoms with Crippen LogP contribution in [0.4, 0.5) is 0 Å². The molecular formula is C29H36O10. The fourth-order valence-corrected chi connectivity index (χ4v) is 8.02. The van der Waals surface area contributed by atoms with Crippen molar-refractivity contribution in [1.82, 2.24) is 0 Å². The van der Waals surface area contributed by atoms with Gasteiger partial charge in [-0.05, 0) is 37.0 Å². The number of cyclic esters (lactones) is 1. The number of fused-ring (bicyclic) bond motifs is 4. The van der Waals surface area contributed by atoms with E-state index in [9.17, 15) is 24.6 Å². The molecule has 1 saturated carbocycles. The fourth-order valence-electron chi connectivity index (χ4n) is 8.02. The van der Waals surface area contributed by atoms with Crippen LogP contribution in [0.2, 0.25) is 0 Å². The Morgan fingerprint density at radius 2 is 1.82 bits per heavy atom. The third-order valence-corrected chi connectivity index (χ3v) is 9.88. The SMILES string of the molecule is COC(=O)C[C@H]1C(C)(C)[C@@H](OC(C)=O)[C@H](O)[C@@H]2OC3=C(C)C4=CC(=O)O[C@@H](c5ccoc5)[C@]4(C)[C@@H](O)[C@@H]3[C@@]21C. The molecule has 1 aromatic heterocycles. The van der Waals surface area contributed by atoms with Crippen molar-refractivity contribution in [3.8, 4) is 0 Å². The molecule has 2 fully saturated rings. The number of carbonyl (C=O) groups is 3. The van der Waals surface area contributed by atoms with Crippen LogP contribution in [-0.4, -0.2) is 59.6 Å². The summed E-state index contributed by atoms with van der Waals surface area (Å²) >= 11 is 0. The van der Waals surface area contributed by atoms with Gasteiger partial charge in [0, 0.05) is 35.8 Å². The average molecular weight is 545 g/mol. The van der Waals surface area contributed by atoms with Crippen molar-refractivity contribution < 1.29 is 48.0 Å². The lowest BCUT2D eigenvalue weighted by atomic mass is 9.46. The summed E-state index contributed by atoms with van der Waals surface area (Å²) in [5.41, 5.74) is -1.22. The molecule has 39 heavy (non-hydrogen) atoms. The first-order valence-electron chi connectivity index (χ1n) is 13.1. The fraction of sp³-hybridized carbons (Fsp3) is 0.621. The lowest BCUT2D eigenvalue weighted by Crippen LogP contribution is -2.67. The molecule has 0 radical (unpaired) electrons. The van der Waals surface area contributed by atoms with E-state index in [2.05, 4.69) is 0 Å². The second kappa shape index (κ2) is 8.96. The molecule has 9 atom stereocenters. The molecule has 0 unspecified atom stereocenters. The summed E-state index contributed by atoms with van der Waals surface area (Å²) in [4.78, 5) is 37.5. The number of ether oxygens (including phenoxy) is 4. The number of allylic oxidation sites excluding steroid dienone is 1. The maximum absolute atomic E-state index is 12.8. The number of carbonyl (C=O) groups excluding carboxylic acids is 3. The van der Waals surface area contributed by atoms with Gasteiger partial charge in [0.2, 0.25) is 0 Å². The highest BCUT2D eigenvalue weighted by molar-refractivity contribution is 5.86. The van der Waals surface area contributed by atoms with Crippen molar-refractivity contribution >= 4 is 17.9 Å². The van der Waals surface area contributed by atoms with E-state index in [1.165, 1.54) is 32.6 Å². The summed E-state index contributed by atoms with van der Waals surface area (Å²) in [6.07, 6.45) is -0.895. The molecule has 1 saturated heterocycles. The van der Waals surface area contributed by atoms with Crippen LogP contribution < -0.4 is 0 Å². The van der Waals surface area contributed by atoms with Gasteiger partial charge in [-0.15, -0.1) is 0 Å². The molecule has 10 heteroatoms. The average Bonchev–Trinajstić information content (AvgIpc) is 3.51. The first-order chi connectivity index (χ1) is 18.2. The highest BCUT2D eigenvalue weighted by Gasteiger charge is 2.73. The van der Waals surface area contributed by atoms with E-state index in [0.29, 0.717) is 22.5 Å². The largest absolute Gasteiger partial charge is 0.491 e. The Morgan fingerprint density at radius 3 is 2.41 bits per heavy atom. The van der Waals surface area contributed by atoms with Crippen molar-refractivity contribution in [2.75, 3.05) is 7.11 Å². The predicted molar refractivity (Wildman–Crippen MR) is 134 cm³/mol. The summed E-state index contributed by atoms with van der Waals surface area (Å²) in [5, 5.41) is 24.0. The van der Waals surface area contributed by atoms with Crippen LogP contribution in [0.5, 0.6) is 0 Å². The Bertz CT molecular complexity index is 1260. The van der Waals surface area contributed by atoms with E-state index in [0.717, 1.165) is 0 Å². The lowest BCUT2D eigenvalue weighted by molar-refractivity contribution is -0.232. The number of esters is 3. The lowest BCUT2D eigenvalue weighted by Gasteiger charge is -2.59. The minimum atomic E-state index is -1.26. The number of methoxy groups -OCH3 is 1. The van der Waals surface area contributed by atoms with Crippen LogP contribution >= 0.6 is 0 Å². The van der Waals surface area contributed by atoms with E-state index in [1.807, 2.05) is 34.6 Å². The van der Waals surface area contributed by atoms with Gasteiger partial charge in [-0.1, -0.05) is 20.8 Å². The Hall–Kier alpha value is -3.11. The van der Waals surface area contributed by atoms with Gasteiger partial charge in [-0.25, -0.2) is 4.79 Å². The standard InChI is InChI=1S/C29H36O10/c1-13-16-10-19(32)38-24(15-8-9-36-12-15)28(16,5)23(34)20-22(13)39-26-21(33)25(37-14(2)30)27(3,4)17(29(20,26)6)11-18(31)35-7/h8-10,12,17,20-21,23-26,33-34H,11H2,1-7H3/t17-,20+,21-,23-,24-,25-,26-,28-,29-/m0/s1. The Balaban J connectivity index is 1.72. The predicted octanol–water partition coefficient (Wildman–Crippen LogP) is 2.99. The molecule has 5 rings (SSSR count). The van der Waals surface area contributed by atoms with Crippen molar-refractivity contribution in [3.63, 3.8) is 0 Å². The number of furan rings is 1. The van der Waals surface area contributed by atoms with Gasteiger partial charge < -0.3 is 33.6 Å². The minimum absolute atomic E-state index is 0.0561. The molecule has 1 aromatic rings. The molecule has 0 aromatic carbocycles. The van der Waals surface area contributed by atoms with Crippen molar-refractivity contribution in [3.05, 3.63) is 47.1 Å². The van der Waals surface area contributed by atoms with Crippen molar-refractivity contribution in [1.29, 1.82) is 0 Å². The topological polar surface area (TPSA) is 142 Å². The van der Waals surface area contributed by atoms with Crippen LogP contribution in [0.3, 0.4) is 0 Å². The molecule has 0 amide bonds. The summed E-state index contributed by atoms with van der Waals surface area (Å²) in [7, 11) is 1.30. The molecule has 4 aliphatic rings. The van der Waals surface area contributed by atoms with Gasteiger partial charge in [-0.2, -0.15) is 0 Å². The Morgan fingerprint density at radius 1 is 1.13 bits per heavy atom. The van der Waals surface area contributed by atoms with E-state index in [4.69, 9.17) is 23.4 Å². The number of aliphatic hydroxyl groups excluding tert-OH is 2. The van der Waals surface area contributed by atoms with Gasteiger partial charge in [0.05, 0.1) is 37.1 Å². The maximum Gasteiger partial charge on any atom is 0.331 e. The van der Waals surface area contributed by atoms with Gasteiger partial charge in [0.15, 0.2) is 0 Å². The minimum Gasteiger partial charge on any atom is -0.491 e. The zero-order chi connectivity index (χ0) is 28.7. The molecule has 0 spiro atoms. The normalized spacial score (nSPS) is 40.4. The third kappa shape index (κ3) is 3.64. The number of aliphatic hydroxyl groups is 2. The Labute approximate surface area is 226 Å². The molecule has 0 bridgehead atoms. The Kier molecular flexibility index (Phi) is 6.31. The number of rotatable bonds is 4. The van der Waals surface area contributed by atoms with Crippen LogP contribution in [0.1, 0.15) is 59.6 Å². The van der Waals surface area contributed by atoms with E-state index >= 15 is 0 Å². The maximum atomic E-state index is 12.8. The summed E-state index contributed by atoms with van der Waals surface area (Å²) < 4.78 is 28.2. The zero-order valence-corrected chi connectivity index (χ0v) is 23.2. The second-order valence-electron chi connectivity index (χ2n) is 12.2. The summed E-state index contributed by atoms with van der Waals surface area (Å²) in [6.45, 7) is 10.5. The molecule has 2 aliphatic carbocycles. The third-order valence-electron chi connectivity index (χ3n) is 9.88. The molecule has 10 nitrogen and oxygen atoms in total. The summed E-state index contributed by atoms with van der Waals surface area (Å²) in [5.74, 6) is -2.40. The molecule has 3 heterocycles. The number of hydrogen-bond donors (Lipinski definition) is 2. The highest BCUT2D eigenvalue weighted by atomic mass is 16.6. The molecular weight excluding hydrogens is 508 g/mol. The van der Waals surface area contributed by atoms with E-state index in [1.54, 1.807) is 6.07 Å². The van der Waals surface area contributed by atoms with Crippen LogP contribution in [0.15, 0.2) is 46.0 Å². The van der Waals surface area contributed by atoms with Gasteiger partial charge in [0.1, 0.15) is 30.2 Å². The second-order valence-corrected chi connectivity index (χ2v) is 12.2. The highest BCUT2D eigenvalue weighted by Crippen LogP contribution is 2.69. The molecule has 2 aliphatic heterocycles. The molecule has 2 N–H and O–H groups in total. The quantitative estimate of drug-likeness (QED) is 0.429. The van der Waals surface area contributed by atoms with Crippen LogP contribution in [0.25, 0.3) is 0 Å². The molecule has 212 valence electrons. The van der Waals surface area contributed by atoms with Gasteiger partial charge in [-0.3, -0.25) is 9.59 Å². The zero-order valence-electron chi connectivity index (χ0n) is 23.2. The monoisotopic (exact) mass is 544 g/mol. The van der Waals surface area contributed by atoms with E-state index in [-0.39, 0.29) is 6.42 Å². The van der Waals surface area contributed by atoms with Crippen molar-refractivity contribution in [2.24, 2.45) is 28.1 Å². The van der Waals surface area contributed by atoms with Gasteiger partial charge >= 0.3 is 17.9 Å². The first-order valence-corrected chi connectivity index (χ1v) is 13.1. The first kappa shape index (κ1) is 27.5. The van der Waals surface area contributed by atoms with Crippen LogP contribution in [-0.2, 0) is 33.3 Å². The smallest absolute Gasteiger partial charge is 0.331 e. The summed E-state index contributed by atoms with van der Waals surface area (Å²) in [6, 6.07) is 1.69. The van der Waals surface area contributed by atoms with Crippen molar-refractivity contribution in [2.45, 2.75) is 78.5 Å². The van der Waals surface area contributed by atoms with Gasteiger partial charge in [0.25, 0.3) is 0 Å². The van der Waals surface area contributed by atoms with Crippen LogP contribution in [0, 0.1) is 28.1 Å². The number of hydrogen-bond acceptors (Lipinski definition) is 10. The van der Waals surface area contributed by atoms with E-state index < -0.39 is 76.5 Å².